The minimum absolute atomic E-state index is 0.0557. The van der Waals surface area contributed by atoms with E-state index in [-0.39, 0.29) is 36.4 Å². The van der Waals surface area contributed by atoms with Gasteiger partial charge in [-0.3, -0.25) is 4.79 Å². The smallest absolute Gasteiger partial charge is 0.316 e. The molecule has 29 heavy (non-hydrogen) atoms. The number of nitrogens with one attached hydrogen (secondary N) is 1. The molecule has 154 valence electrons. The Labute approximate surface area is 178 Å². The molecule has 0 aromatic heterocycles. The van der Waals surface area contributed by atoms with Crippen molar-refractivity contribution >= 4 is 40.8 Å². The predicted octanol–water partition coefficient (Wildman–Crippen LogP) is 3.24. The Kier molecular flexibility index (Phi) is 6.84. The lowest BCUT2D eigenvalue weighted by Gasteiger charge is -2.36. The maximum Gasteiger partial charge on any atom is 0.316 e. The van der Waals surface area contributed by atoms with Crippen molar-refractivity contribution < 1.29 is 19.4 Å². The van der Waals surface area contributed by atoms with Crippen LogP contribution >= 0.6 is 23.2 Å². The highest BCUT2D eigenvalue weighted by Gasteiger charge is 2.31. The molecule has 7 nitrogen and oxygen atoms in total. The van der Waals surface area contributed by atoms with Crippen molar-refractivity contribution in [3.8, 4) is 5.75 Å². The standard InChI is InChI=1S/C20H21Cl2N3O4/c21-13-3-1-12(2-4-13)15-7-8-25(10-17(15)26)19(27)11-29-18-6-5-14(22)9-16(18)24-20(23)28/h1-6,9,15,17,26H,7-8,10-11H2,(H3,23,24,28). The number of ether oxygens (including phenoxy) is 1. The van der Waals surface area contributed by atoms with Crippen molar-refractivity contribution in [2.24, 2.45) is 5.73 Å². The largest absolute Gasteiger partial charge is 0.482 e. The highest BCUT2D eigenvalue weighted by molar-refractivity contribution is 6.31. The minimum atomic E-state index is -0.768. The molecular weight excluding hydrogens is 417 g/mol. The zero-order chi connectivity index (χ0) is 21.0. The number of primary amides is 1. The van der Waals surface area contributed by atoms with Crippen LogP contribution in [0, 0.1) is 0 Å². The number of aliphatic hydroxyl groups is 1. The summed E-state index contributed by atoms with van der Waals surface area (Å²) in [7, 11) is 0. The Balaban J connectivity index is 1.58. The first-order valence-electron chi connectivity index (χ1n) is 9.03. The van der Waals surface area contributed by atoms with Crippen LogP contribution in [0.1, 0.15) is 17.9 Å². The number of urea groups is 1. The summed E-state index contributed by atoms with van der Waals surface area (Å²) in [5, 5.41) is 14.0. The van der Waals surface area contributed by atoms with Crippen molar-refractivity contribution in [2.45, 2.75) is 18.4 Å². The van der Waals surface area contributed by atoms with Gasteiger partial charge < -0.3 is 25.8 Å². The molecule has 2 unspecified atom stereocenters. The topological polar surface area (TPSA) is 105 Å². The summed E-state index contributed by atoms with van der Waals surface area (Å²) in [4.78, 5) is 25.2. The number of likely N-dealkylation sites (tertiary alicyclic amines) is 1. The summed E-state index contributed by atoms with van der Waals surface area (Å²) < 4.78 is 5.55. The fourth-order valence-corrected chi connectivity index (χ4v) is 3.64. The highest BCUT2D eigenvalue weighted by Crippen LogP contribution is 2.30. The number of piperidine rings is 1. The monoisotopic (exact) mass is 437 g/mol. The number of benzene rings is 2. The molecule has 2 atom stereocenters. The summed E-state index contributed by atoms with van der Waals surface area (Å²) in [5.74, 6) is -0.0448. The Morgan fingerprint density at radius 3 is 2.52 bits per heavy atom. The molecule has 0 bridgehead atoms. The highest BCUT2D eigenvalue weighted by atomic mass is 35.5. The first-order chi connectivity index (χ1) is 13.8. The van der Waals surface area contributed by atoms with Crippen molar-refractivity contribution in [2.75, 3.05) is 25.0 Å². The average Bonchev–Trinajstić information content (AvgIpc) is 2.67. The molecule has 1 fully saturated rings. The lowest BCUT2D eigenvalue weighted by Crippen LogP contribution is -2.47. The number of hydrogen-bond acceptors (Lipinski definition) is 4. The second-order valence-electron chi connectivity index (χ2n) is 6.77. The molecule has 0 saturated carbocycles. The van der Waals surface area contributed by atoms with E-state index in [4.69, 9.17) is 33.7 Å². The molecule has 4 N–H and O–H groups in total. The molecule has 9 heteroatoms. The molecule has 2 aromatic rings. The minimum Gasteiger partial charge on any atom is -0.482 e. The zero-order valence-electron chi connectivity index (χ0n) is 15.5. The maximum absolute atomic E-state index is 12.5. The van der Waals surface area contributed by atoms with Gasteiger partial charge in [-0.2, -0.15) is 0 Å². The lowest BCUT2D eigenvalue weighted by atomic mass is 9.87. The number of β-amino-alcohol motifs (C(OH)–C–C–N with tert-alkyl or cyclic N) is 1. The van der Waals surface area contributed by atoms with Crippen LogP contribution in [0.4, 0.5) is 10.5 Å². The number of rotatable bonds is 5. The first kappa shape index (κ1) is 21.2. The molecule has 3 rings (SSSR count). The van der Waals surface area contributed by atoms with E-state index in [0.29, 0.717) is 23.0 Å². The Morgan fingerprint density at radius 2 is 1.86 bits per heavy atom. The average molecular weight is 438 g/mol. The summed E-state index contributed by atoms with van der Waals surface area (Å²) in [5.41, 5.74) is 6.41. The Bertz CT molecular complexity index is 892. The van der Waals surface area contributed by atoms with E-state index in [0.717, 1.165) is 5.56 Å². The molecule has 1 aliphatic heterocycles. The van der Waals surface area contributed by atoms with Gasteiger partial charge in [-0.1, -0.05) is 35.3 Å². The van der Waals surface area contributed by atoms with Crippen LogP contribution in [0.25, 0.3) is 0 Å². The number of carbonyl (C=O) groups is 2. The van der Waals surface area contributed by atoms with Crippen molar-refractivity contribution in [1.29, 1.82) is 0 Å². The van der Waals surface area contributed by atoms with Gasteiger partial charge >= 0.3 is 6.03 Å². The van der Waals surface area contributed by atoms with Crippen molar-refractivity contribution in [3.05, 3.63) is 58.1 Å². The van der Waals surface area contributed by atoms with E-state index in [1.54, 1.807) is 29.2 Å². The first-order valence-corrected chi connectivity index (χ1v) is 9.79. The van der Waals surface area contributed by atoms with Gasteiger partial charge in [-0.25, -0.2) is 4.79 Å². The quantitative estimate of drug-likeness (QED) is 0.667. The number of aliphatic hydroxyl groups excluding tert-OH is 1. The summed E-state index contributed by atoms with van der Waals surface area (Å²) in [6.07, 6.45) is -0.0549. The van der Waals surface area contributed by atoms with Gasteiger partial charge in [-0.05, 0) is 42.3 Å². The van der Waals surface area contributed by atoms with E-state index < -0.39 is 12.1 Å². The summed E-state index contributed by atoms with van der Waals surface area (Å²) in [6.45, 7) is 0.468. The number of anilines is 1. The molecule has 1 saturated heterocycles. The third-order valence-electron chi connectivity index (χ3n) is 4.78. The lowest BCUT2D eigenvalue weighted by molar-refractivity contribution is -0.136. The van der Waals surface area contributed by atoms with Gasteiger partial charge in [0.2, 0.25) is 0 Å². The maximum atomic E-state index is 12.5. The van der Waals surface area contributed by atoms with Gasteiger partial charge in [0.05, 0.1) is 11.8 Å². The Hall–Kier alpha value is -2.48. The van der Waals surface area contributed by atoms with Crippen LogP contribution in [0.3, 0.4) is 0 Å². The second-order valence-corrected chi connectivity index (χ2v) is 7.65. The van der Waals surface area contributed by atoms with E-state index in [1.807, 2.05) is 12.1 Å². The van der Waals surface area contributed by atoms with Crippen molar-refractivity contribution in [3.63, 3.8) is 0 Å². The van der Waals surface area contributed by atoms with Crippen molar-refractivity contribution in [1.82, 2.24) is 4.90 Å². The molecule has 1 aliphatic rings. The Morgan fingerprint density at radius 1 is 1.17 bits per heavy atom. The van der Waals surface area contributed by atoms with E-state index in [9.17, 15) is 14.7 Å². The third-order valence-corrected chi connectivity index (χ3v) is 5.27. The number of nitrogens with zero attached hydrogens (tertiary/aromatic N) is 1. The fourth-order valence-electron chi connectivity index (χ4n) is 3.35. The van der Waals surface area contributed by atoms with Gasteiger partial charge in [0.1, 0.15) is 5.75 Å². The number of carbonyl (C=O) groups excluding carboxylic acids is 2. The van der Waals surface area contributed by atoms with Crippen LogP contribution in [0.2, 0.25) is 10.0 Å². The number of nitrogens with two attached hydrogens (primary N) is 1. The second kappa shape index (κ2) is 9.35. The molecule has 0 spiro atoms. The van der Waals surface area contributed by atoms with Crippen LogP contribution in [0.15, 0.2) is 42.5 Å². The summed E-state index contributed by atoms with van der Waals surface area (Å²) >= 11 is 11.8. The normalized spacial score (nSPS) is 18.9. The van der Waals surface area contributed by atoms with E-state index in [1.165, 1.54) is 6.07 Å². The fraction of sp³-hybridized carbons (Fsp3) is 0.300. The van der Waals surface area contributed by atoms with E-state index in [2.05, 4.69) is 5.32 Å². The zero-order valence-corrected chi connectivity index (χ0v) is 17.0. The molecule has 2 aromatic carbocycles. The third kappa shape index (κ3) is 5.53. The van der Waals surface area contributed by atoms with Gasteiger partial charge in [0.15, 0.2) is 6.61 Å². The van der Waals surface area contributed by atoms with Crippen LogP contribution in [-0.4, -0.2) is 47.7 Å². The molecule has 1 heterocycles. The van der Waals surface area contributed by atoms with Gasteiger partial charge in [0, 0.05) is 29.1 Å². The number of amides is 3. The molecular formula is C20H21Cl2N3O4. The number of halogens is 2. The molecule has 3 amide bonds. The van der Waals surface area contributed by atoms with Crippen LogP contribution in [0.5, 0.6) is 5.75 Å². The number of hydrogen-bond donors (Lipinski definition) is 3. The van der Waals surface area contributed by atoms with Crippen LogP contribution in [-0.2, 0) is 4.79 Å². The molecule has 0 radical (unpaired) electrons. The summed E-state index contributed by atoms with van der Waals surface area (Å²) in [6, 6.07) is 11.2. The van der Waals surface area contributed by atoms with Gasteiger partial charge in [0.25, 0.3) is 5.91 Å². The molecule has 0 aliphatic carbocycles. The predicted molar refractivity (Wildman–Crippen MR) is 112 cm³/mol. The SMILES string of the molecule is NC(=O)Nc1cc(Cl)ccc1OCC(=O)N1CCC(c2ccc(Cl)cc2)C(O)C1. The van der Waals surface area contributed by atoms with Crippen LogP contribution < -0.4 is 15.8 Å². The van der Waals surface area contributed by atoms with E-state index >= 15 is 0 Å². The van der Waals surface area contributed by atoms with Gasteiger partial charge in [-0.15, -0.1) is 0 Å².